The van der Waals surface area contributed by atoms with E-state index >= 15 is 0 Å². The van der Waals surface area contributed by atoms with Crippen LogP contribution in [0.5, 0.6) is 0 Å². The van der Waals surface area contributed by atoms with Crippen LogP contribution in [0, 0.1) is 5.92 Å². The first-order valence-electron chi connectivity index (χ1n) is 6.52. The minimum Gasteiger partial charge on any atom is -0.480 e. The number of esters is 1. The molecule has 0 aromatic rings. The number of hydrogen-bond donors (Lipinski definition) is 2. The Bertz CT molecular complexity index is 474. The molecule has 1 saturated carbocycles. The first-order chi connectivity index (χ1) is 9.21. The van der Waals surface area contributed by atoms with Crippen LogP contribution in [-0.2, 0) is 24.3 Å². The van der Waals surface area contributed by atoms with Gasteiger partial charge >= 0.3 is 11.9 Å². The summed E-state index contributed by atoms with van der Waals surface area (Å²) in [6, 6.07) is 0. The van der Waals surface area contributed by atoms with Gasteiger partial charge in [-0.3, -0.25) is 9.59 Å². The first-order valence-corrected chi connectivity index (χ1v) is 8.18. The maximum Gasteiger partial charge on any atom is 0.324 e. The second-order valence-electron chi connectivity index (χ2n) is 5.34. The van der Waals surface area contributed by atoms with E-state index in [1.807, 2.05) is 6.92 Å². The molecule has 0 aromatic heterocycles. The summed E-state index contributed by atoms with van der Waals surface area (Å²) in [6.45, 7) is 1.90. The predicted octanol–water partition coefficient (Wildman–Crippen LogP) is 0.502. The lowest BCUT2D eigenvalue weighted by Crippen LogP contribution is -2.57. The maximum absolute atomic E-state index is 12.0. The van der Waals surface area contributed by atoms with Gasteiger partial charge < -0.3 is 9.84 Å². The second-order valence-corrected chi connectivity index (χ2v) is 7.18. The third kappa shape index (κ3) is 4.45. The molecule has 8 heteroatoms. The molecule has 116 valence electrons. The molecule has 2 atom stereocenters. The lowest BCUT2D eigenvalue weighted by atomic mass is 9.77. The number of carboxylic acid groups (broad SMARTS) is 1. The number of aliphatic carboxylic acids is 1. The van der Waals surface area contributed by atoms with E-state index < -0.39 is 33.3 Å². The van der Waals surface area contributed by atoms with E-state index in [0.717, 1.165) is 6.42 Å². The second kappa shape index (κ2) is 6.53. The minimum atomic E-state index is -3.84. The van der Waals surface area contributed by atoms with Crippen molar-refractivity contribution in [2.75, 3.05) is 12.9 Å². The Labute approximate surface area is 118 Å². The molecule has 0 aromatic carbocycles. The zero-order chi connectivity index (χ0) is 15.4. The van der Waals surface area contributed by atoms with Gasteiger partial charge in [-0.15, -0.1) is 0 Å². The number of sulfonamides is 1. The zero-order valence-corrected chi connectivity index (χ0v) is 12.5. The molecule has 0 heterocycles. The normalized spacial score (nSPS) is 27.0. The number of nitrogens with one attached hydrogen (secondary N) is 1. The van der Waals surface area contributed by atoms with Gasteiger partial charge in [0.15, 0.2) is 0 Å². The molecule has 0 radical (unpaired) electrons. The van der Waals surface area contributed by atoms with Gasteiger partial charge in [0.25, 0.3) is 0 Å². The highest BCUT2D eigenvalue weighted by Crippen LogP contribution is 2.33. The molecular weight excluding hydrogens is 286 g/mol. The van der Waals surface area contributed by atoms with Gasteiger partial charge in [0, 0.05) is 0 Å². The molecule has 1 aliphatic rings. The summed E-state index contributed by atoms with van der Waals surface area (Å²) in [6.07, 6.45) is 1.78. The van der Waals surface area contributed by atoms with Crippen molar-refractivity contribution in [3.8, 4) is 0 Å². The molecule has 0 aliphatic heterocycles. The van der Waals surface area contributed by atoms with Gasteiger partial charge in [-0.05, 0) is 18.8 Å². The topological polar surface area (TPSA) is 110 Å². The SMILES string of the molecule is COC(=O)CCS(=O)(=O)NC1(C(=O)O)CCCC(C)C1. The Morgan fingerprint density at radius 3 is 2.60 bits per heavy atom. The fourth-order valence-corrected chi connectivity index (χ4v) is 3.96. The van der Waals surface area contributed by atoms with Gasteiger partial charge in [-0.2, -0.15) is 4.72 Å². The third-order valence-electron chi connectivity index (χ3n) is 3.56. The van der Waals surface area contributed by atoms with E-state index in [1.165, 1.54) is 7.11 Å². The van der Waals surface area contributed by atoms with Crippen LogP contribution in [0.15, 0.2) is 0 Å². The number of ether oxygens (including phenoxy) is 1. The number of rotatable bonds is 6. The molecule has 0 bridgehead atoms. The predicted molar refractivity (Wildman–Crippen MR) is 71.6 cm³/mol. The monoisotopic (exact) mass is 307 g/mol. The fourth-order valence-electron chi connectivity index (χ4n) is 2.55. The molecule has 0 spiro atoms. The lowest BCUT2D eigenvalue weighted by molar-refractivity contribution is -0.146. The number of carboxylic acids is 1. The van der Waals surface area contributed by atoms with Crippen LogP contribution in [0.3, 0.4) is 0 Å². The van der Waals surface area contributed by atoms with Crippen molar-refractivity contribution in [1.82, 2.24) is 4.72 Å². The van der Waals surface area contributed by atoms with E-state index in [1.54, 1.807) is 0 Å². The summed E-state index contributed by atoms with van der Waals surface area (Å²) in [7, 11) is -2.67. The van der Waals surface area contributed by atoms with Gasteiger partial charge in [0.2, 0.25) is 10.0 Å². The number of carbonyl (C=O) groups is 2. The van der Waals surface area contributed by atoms with Crippen LogP contribution in [-0.4, -0.2) is 43.9 Å². The van der Waals surface area contributed by atoms with Crippen molar-refractivity contribution < 1.29 is 27.9 Å². The fraction of sp³-hybridized carbons (Fsp3) is 0.833. The Hall–Kier alpha value is -1.15. The van der Waals surface area contributed by atoms with E-state index in [-0.39, 0.29) is 25.2 Å². The van der Waals surface area contributed by atoms with Gasteiger partial charge in [0.1, 0.15) is 5.54 Å². The Balaban J connectivity index is 2.79. The molecule has 0 saturated heterocycles. The van der Waals surface area contributed by atoms with Gasteiger partial charge in [-0.1, -0.05) is 19.8 Å². The van der Waals surface area contributed by atoms with Crippen LogP contribution < -0.4 is 4.72 Å². The largest absolute Gasteiger partial charge is 0.480 e. The highest BCUT2D eigenvalue weighted by molar-refractivity contribution is 7.89. The summed E-state index contributed by atoms with van der Waals surface area (Å²) >= 11 is 0. The van der Waals surface area contributed by atoms with Crippen LogP contribution in [0.1, 0.15) is 39.0 Å². The van der Waals surface area contributed by atoms with Crippen LogP contribution in [0.25, 0.3) is 0 Å². The number of methoxy groups -OCH3 is 1. The van der Waals surface area contributed by atoms with Crippen molar-refractivity contribution in [3.05, 3.63) is 0 Å². The van der Waals surface area contributed by atoms with Gasteiger partial charge in [0.05, 0.1) is 19.3 Å². The Morgan fingerprint density at radius 2 is 2.10 bits per heavy atom. The smallest absolute Gasteiger partial charge is 0.324 e. The number of carbonyl (C=O) groups excluding carboxylic acids is 1. The van der Waals surface area contributed by atoms with Crippen LogP contribution in [0.4, 0.5) is 0 Å². The van der Waals surface area contributed by atoms with Crippen molar-refractivity contribution in [2.24, 2.45) is 5.92 Å². The quantitative estimate of drug-likeness (QED) is 0.692. The molecule has 0 amide bonds. The molecule has 2 unspecified atom stereocenters. The Kier molecular flexibility index (Phi) is 5.52. The van der Waals surface area contributed by atoms with Gasteiger partial charge in [-0.25, -0.2) is 8.42 Å². The molecular formula is C12H21NO6S. The molecule has 1 rings (SSSR count). The summed E-state index contributed by atoms with van der Waals surface area (Å²) in [5.74, 6) is -2.13. The van der Waals surface area contributed by atoms with E-state index in [2.05, 4.69) is 9.46 Å². The highest BCUT2D eigenvalue weighted by Gasteiger charge is 2.44. The lowest BCUT2D eigenvalue weighted by Gasteiger charge is -2.36. The highest BCUT2D eigenvalue weighted by atomic mass is 32.2. The van der Waals surface area contributed by atoms with E-state index in [4.69, 9.17) is 0 Å². The van der Waals surface area contributed by atoms with Crippen molar-refractivity contribution in [1.29, 1.82) is 0 Å². The summed E-state index contributed by atoms with van der Waals surface area (Å²) in [4.78, 5) is 22.5. The molecule has 7 nitrogen and oxygen atoms in total. The van der Waals surface area contributed by atoms with Crippen molar-refractivity contribution >= 4 is 22.0 Å². The maximum atomic E-state index is 12.0. The molecule has 20 heavy (non-hydrogen) atoms. The summed E-state index contributed by atoms with van der Waals surface area (Å²) in [5, 5.41) is 9.37. The zero-order valence-electron chi connectivity index (χ0n) is 11.7. The summed E-state index contributed by atoms with van der Waals surface area (Å²) < 4.78 is 30.6. The van der Waals surface area contributed by atoms with Crippen molar-refractivity contribution in [3.63, 3.8) is 0 Å². The average molecular weight is 307 g/mol. The van der Waals surface area contributed by atoms with Crippen LogP contribution >= 0.6 is 0 Å². The number of hydrogen-bond acceptors (Lipinski definition) is 5. The van der Waals surface area contributed by atoms with E-state index in [0.29, 0.717) is 6.42 Å². The summed E-state index contributed by atoms with van der Waals surface area (Å²) in [5.41, 5.74) is -1.45. The molecule has 1 fully saturated rings. The standard InChI is InChI=1S/C12H21NO6S/c1-9-4-3-6-12(8-9,11(15)16)13-20(17,18)7-5-10(14)19-2/h9,13H,3-8H2,1-2H3,(H,15,16). The Morgan fingerprint density at radius 1 is 1.45 bits per heavy atom. The average Bonchev–Trinajstić information content (AvgIpc) is 2.35. The molecule has 1 aliphatic carbocycles. The third-order valence-corrected chi connectivity index (χ3v) is 5.00. The van der Waals surface area contributed by atoms with E-state index in [9.17, 15) is 23.1 Å². The first kappa shape index (κ1) is 16.9. The molecule has 2 N–H and O–H groups in total. The van der Waals surface area contributed by atoms with Crippen molar-refractivity contribution in [2.45, 2.75) is 44.6 Å². The minimum absolute atomic E-state index is 0.142. The van der Waals surface area contributed by atoms with Crippen LogP contribution in [0.2, 0.25) is 0 Å².